The van der Waals surface area contributed by atoms with Gasteiger partial charge in [0.15, 0.2) is 11.6 Å². The van der Waals surface area contributed by atoms with Crippen LogP contribution in [-0.4, -0.2) is 109 Å². The monoisotopic (exact) mass is 910 g/mol. The van der Waals surface area contributed by atoms with Gasteiger partial charge < -0.3 is 33.3 Å². The Morgan fingerprint density at radius 2 is 0.939 bits per heavy atom. The average molecular weight is 910 g/mol. The van der Waals surface area contributed by atoms with Crippen LogP contribution in [0, 0.1) is 13.8 Å². The van der Waals surface area contributed by atoms with E-state index in [1.165, 1.54) is 0 Å². The van der Waals surface area contributed by atoms with Gasteiger partial charge in [-0.05, 0) is 143 Å². The number of amides is 4. The summed E-state index contributed by atoms with van der Waals surface area (Å²) < 4.78 is 23.7. The molecular weight excluding hydrogens is 843 g/mol. The lowest BCUT2D eigenvalue weighted by Gasteiger charge is -2.30. The Balaban J connectivity index is 1.30. The molecule has 5 rings (SSSR count). The molecule has 2 aliphatic heterocycles. The molecule has 0 fully saturated rings. The van der Waals surface area contributed by atoms with Crippen molar-refractivity contribution in [3.8, 4) is 22.8 Å². The molecule has 17 nitrogen and oxygen atoms in total. The van der Waals surface area contributed by atoms with E-state index in [0.29, 0.717) is 39.0 Å². The molecule has 2 aromatic carbocycles. The van der Waals surface area contributed by atoms with Crippen molar-refractivity contribution in [3.63, 3.8) is 0 Å². The summed E-state index contributed by atoms with van der Waals surface area (Å²) in [6.45, 7) is 27.0. The first kappa shape index (κ1) is 50.5. The summed E-state index contributed by atoms with van der Waals surface area (Å²) in [5.41, 5.74) is 5.37. The van der Waals surface area contributed by atoms with Crippen molar-refractivity contribution in [2.45, 2.75) is 132 Å². The van der Waals surface area contributed by atoms with Gasteiger partial charge in [0, 0.05) is 44.4 Å². The van der Waals surface area contributed by atoms with Crippen LogP contribution in [0.1, 0.15) is 118 Å². The third-order valence-corrected chi connectivity index (χ3v) is 9.94. The van der Waals surface area contributed by atoms with Crippen LogP contribution in [-0.2, 0) is 26.0 Å². The predicted octanol–water partition coefficient (Wildman–Crippen LogP) is 9.58. The molecule has 0 atom stereocenters. The lowest BCUT2D eigenvalue weighted by molar-refractivity contribution is 0.0536. The summed E-state index contributed by atoms with van der Waals surface area (Å²) in [6, 6.07) is 12.5. The first-order valence-corrected chi connectivity index (χ1v) is 22.2. The van der Waals surface area contributed by atoms with Crippen LogP contribution in [0.5, 0.6) is 0 Å². The van der Waals surface area contributed by atoms with Crippen LogP contribution in [0.3, 0.4) is 0 Å². The Kier molecular flexibility index (Phi) is 15.2. The summed E-state index contributed by atoms with van der Waals surface area (Å²) in [4.78, 5) is 62.6. The van der Waals surface area contributed by atoms with Crippen molar-refractivity contribution >= 4 is 47.4 Å². The van der Waals surface area contributed by atoms with E-state index in [1.807, 2.05) is 28.6 Å². The molecule has 1 aromatic heterocycles. The van der Waals surface area contributed by atoms with Crippen LogP contribution >= 0.6 is 0 Å². The fraction of sp³-hybridized carbons (Fsp3) is 0.510. The molecule has 4 amide bonds. The fourth-order valence-electron chi connectivity index (χ4n) is 7.27. The molecule has 2 N–H and O–H groups in total. The third kappa shape index (κ3) is 14.5. The molecule has 3 heterocycles. The number of alkyl carbamates (subject to hydrolysis) is 2. The molecule has 66 heavy (non-hydrogen) atoms. The van der Waals surface area contributed by atoms with Crippen molar-refractivity contribution < 1.29 is 38.1 Å². The van der Waals surface area contributed by atoms with E-state index in [-0.39, 0.29) is 11.9 Å². The van der Waals surface area contributed by atoms with E-state index < -0.39 is 46.8 Å². The number of carbonyl (C=O) groups excluding carboxylic acids is 4. The molecule has 0 bridgehead atoms. The van der Waals surface area contributed by atoms with Gasteiger partial charge >= 0.3 is 24.4 Å². The number of guanidine groups is 2. The number of rotatable bonds is 4. The zero-order chi connectivity index (χ0) is 48.9. The van der Waals surface area contributed by atoms with Gasteiger partial charge in [0.05, 0.1) is 0 Å². The summed E-state index contributed by atoms with van der Waals surface area (Å²) >= 11 is 0. The average Bonchev–Trinajstić information content (AvgIpc) is 3.54. The second-order valence-electron chi connectivity index (χ2n) is 20.4. The number of aromatic nitrogens is 3. The van der Waals surface area contributed by atoms with Gasteiger partial charge in [0.25, 0.3) is 0 Å². The number of aliphatic imine (C=N–C) groups is 2. The summed E-state index contributed by atoms with van der Waals surface area (Å²) in [5, 5.41) is 14.6. The van der Waals surface area contributed by atoms with E-state index in [4.69, 9.17) is 18.9 Å². The highest BCUT2D eigenvalue weighted by Gasteiger charge is 2.28. The van der Waals surface area contributed by atoms with Crippen LogP contribution < -0.4 is 10.6 Å². The van der Waals surface area contributed by atoms with Crippen molar-refractivity contribution in [1.29, 1.82) is 0 Å². The Morgan fingerprint density at radius 1 is 0.561 bits per heavy atom. The Morgan fingerprint density at radius 3 is 1.32 bits per heavy atom. The predicted molar refractivity (Wildman–Crippen MR) is 256 cm³/mol. The second-order valence-corrected chi connectivity index (χ2v) is 20.4. The molecule has 0 radical (unpaired) electrons. The SMILES string of the molecule is Cc1cc(C2=CCN(C(=NC(=O)OC(C)(C)C)NC(=O)OC(C)(C)C)CC2)cc(C)c1-c1nnc(-c2ccc(C3=CCN(C(=NC(=O)OC(C)(C)C)NC(=O)OC(C)(C)C)CC3)cc2)n1C. The number of aryl methyl sites for hydroxylation is 2. The summed E-state index contributed by atoms with van der Waals surface area (Å²) in [6.07, 6.45) is 2.35. The van der Waals surface area contributed by atoms with Gasteiger partial charge in [-0.25, -0.2) is 19.2 Å². The molecule has 0 spiro atoms. The highest BCUT2D eigenvalue weighted by atomic mass is 16.6. The molecule has 17 heteroatoms. The van der Waals surface area contributed by atoms with Gasteiger partial charge in [-0.1, -0.05) is 48.6 Å². The first-order chi connectivity index (χ1) is 30.5. The molecular formula is C49H67N9O8. The maximum absolute atomic E-state index is 12.7. The van der Waals surface area contributed by atoms with Crippen LogP contribution in [0.4, 0.5) is 19.2 Å². The molecule has 0 unspecified atom stereocenters. The third-order valence-electron chi connectivity index (χ3n) is 9.94. The minimum atomic E-state index is -0.810. The maximum atomic E-state index is 12.7. The zero-order valence-electron chi connectivity index (χ0n) is 41.3. The summed E-state index contributed by atoms with van der Waals surface area (Å²) in [5.74, 6) is 1.59. The first-order valence-electron chi connectivity index (χ1n) is 22.2. The number of hydrogen-bond donors (Lipinski definition) is 2. The van der Waals surface area contributed by atoms with E-state index in [9.17, 15) is 19.2 Å². The minimum absolute atomic E-state index is 0.0635. The van der Waals surface area contributed by atoms with E-state index in [2.05, 4.69) is 81.1 Å². The normalized spacial score (nSPS) is 15.4. The highest BCUT2D eigenvalue weighted by Crippen LogP contribution is 2.34. The number of benzene rings is 2. The van der Waals surface area contributed by atoms with Crippen molar-refractivity contribution in [2.75, 3.05) is 26.2 Å². The van der Waals surface area contributed by atoms with Crippen molar-refractivity contribution in [3.05, 3.63) is 70.8 Å². The Hall–Kier alpha value is -6.52. The largest absolute Gasteiger partial charge is 0.444 e. The van der Waals surface area contributed by atoms with E-state index in [0.717, 1.165) is 56.2 Å². The molecule has 0 aliphatic carbocycles. The van der Waals surface area contributed by atoms with E-state index in [1.54, 1.807) is 88.0 Å². The van der Waals surface area contributed by atoms with Crippen molar-refractivity contribution in [1.82, 2.24) is 35.2 Å². The number of nitrogens with zero attached hydrogens (tertiary/aromatic N) is 7. The molecule has 0 saturated heterocycles. The minimum Gasteiger partial charge on any atom is -0.444 e. The molecule has 356 valence electrons. The van der Waals surface area contributed by atoms with E-state index >= 15 is 0 Å². The molecule has 0 saturated carbocycles. The van der Waals surface area contributed by atoms with Crippen LogP contribution in [0.2, 0.25) is 0 Å². The van der Waals surface area contributed by atoms with Gasteiger partial charge in [-0.3, -0.25) is 10.6 Å². The lowest BCUT2D eigenvalue weighted by atomic mass is 9.92. The van der Waals surface area contributed by atoms with Gasteiger partial charge in [-0.15, -0.1) is 20.2 Å². The quantitative estimate of drug-likeness (QED) is 0.143. The van der Waals surface area contributed by atoms with Crippen LogP contribution in [0.25, 0.3) is 33.9 Å². The van der Waals surface area contributed by atoms with Gasteiger partial charge in [-0.2, -0.15) is 0 Å². The second kappa shape index (κ2) is 19.9. The number of carbonyl (C=O) groups is 4. The summed E-state index contributed by atoms with van der Waals surface area (Å²) in [7, 11) is 1.96. The standard InChI is InChI=1S/C49H67N9O8/c1-30-28-36(34-22-26-58(27-23-34)41(52-44(61)65-48(9,10)11)53-45(62)66-49(12,13)14)29-31(2)37(30)39-55-54-38(56(39)15)35-18-16-32(17-19-35)33-20-24-57(25-21-33)40(50-42(59)63-46(3,4)5)51-43(60)64-47(6,7)8/h16-20,22,28-29H,21,23-27H2,1-15H3,(H,50,51,59,60)(H,52,53,61,62). The molecule has 3 aromatic rings. The number of hydrogen-bond acceptors (Lipinski definition) is 10. The number of nitrogens with one attached hydrogen (secondary N) is 2. The van der Waals surface area contributed by atoms with Gasteiger partial charge in [0.2, 0.25) is 11.9 Å². The topological polar surface area (TPSA) is 191 Å². The molecule has 2 aliphatic rings. The van der Waals surface area contributed by atoms with Crippen LogP contribution in [0.15, 0.2) is 58.5 Å². The smallest absolute Gasteiger partial charge is 0.437 e. The van der Waals surface area contributed by atoms with Crippen molar-refractivity contribution in [2.24, 2.45) is 17.0 Å². The maximum Gasteiger partial charge on any atom is 0.437 e. The highest BCUT2D eigenvalue weighted by molar-refractivity contribution is 6.00. The Labute approximate surface area is 388 Å². The zero-order valence-corrected chi connectivity index (χ0v) is 41.3. The Bertz CT molecular complexity index is 2410. The lowest BCUT2D eigenvalue weighted by Crippen LogP contribution is -2.48. The number of ether oxygens (including phenoxy) is 4. The van der Waals surface area contributed by atoms with Gasteiger partial charge in [0.1, 0.15) is 22.4 Å². The fourth-order valence-corrected chi connectivity index (χ4v) is 7.27.